The van der Waals surface area contributed by atoms with Gasteiger partial charge in [0.15, 0.2) is 0 Å². The van der Waals surface area contributed by atoms with E-state index in [-0.39, 0.29) is 48.5 Å². The summed E-state index contributed by atoms with van der Waals surface area (Å²) in [4.78, 5) is 18.8. The van der Waals surface area contributed by atoms with Crippen molar-refractivity contribution in [2.45, 2.75) is 104 Å². The monoisotopic (exact) mass is 560 g/mol. The Kier molecular flexibility index (Phi) is 58.2. The molecule has 29 heavy (non-hydrogen) atoms. The van der Waals surface area contributed by atoms with Gasteiger partial charge < -0.3 is 19.8 Å². The molecule has 0 aliphatic rings. The van der Waals surface area contributed by atoms with Gasteiger partial charge in [0.2, 0.25) is 0 Å². The maximum atomic E-state index is 9.40. The van der Waals surface area contributed by atoms with Gasteiger partial charge in [0.05, 0.1) is 0 Å². The summed E-state index contributed by atoms with van der Waals surface area (Å²) in [6.45, 7) is 12.0. The van der Waals surface area contributed by atoms with Crippen LogP contribution in [-0.4, -0.2) is 47.6 Å². The van der Waals surface area contributed by atoms with E-state index in [9.17, 15) is 19.8 Å². The average molecular weight is 560 g/mol. The van der Waals surface area contributed by atoms with Gasteiger partial charge in [-0.15, -0.1) is 23.2 Å². The molecular formula is C22H42Cl2O4Sn. The Bertz CT molecular complexity index is 254. The molecule has 0 rings (SSSR count). The number of hydrogen-bond acceptors (Lipinski definition) is 4. The van der Waals surface area contributed by atoms with E-state index in [1.165, 1.54) is 64.2 Å². The molecule has 0 unspecified atom stereocenters. The van der Waals surface area contributed by atoms with Gasteiger partial charge in [-0.05, 0) is 0 Å². The molecule has 0 bridgehead atoms. The third kappa shape index (κ3) is 73.7. The van der Waals surface area contributed by atoms with Crippen LogP contribution >= 0.6 is 23.2 Å². The van der Waals surface area contributed by atoms with Crippen molar-refractivity contribution in [1.29, 1.82) is 0 Å². The van der Waals surface area contributed by atoms with Crippen molar-refractivity contribution < 1.29 is 19.8 Å². The first-order chi connectivity index (χ1) is 13.4. The Balaban J connectivity index is -0.0000000881. The van der Waals surface area contributed by atoms with Crippen LogP contribution in [0.1, 0.15) is 104 Å². The molecule has 0 aromatic carbocycles. The second kappa shape index (κ2) is 42.4. The maximum Gasteiger partial charge on any atom is 2.00 e. The van der Waals surface area contributed by atoms with E-state index in [0.717, 1.165) is 12.8 Å². The average Bonchev–Trinajstić information content (AvgIpc) is 2.64. The van der Waals surface area contributed by atoms with Crippen molar-refractivity contribution in [3.63, 3.8) is 0 Å². The smallest absolute Gasteiger partial charge is 0.550 e. The van der Waals surface area contributed by atoms with E-state index in [4.69, 9.17) is 23.2 Å². The summed E-state index contributed by atoms with van der Waals surface area (Å²) in [5.41, 5.74) is 0. The van der Waals surface area contributed by atoms with Crippen LogP contribution in [0.15, 0.2) is 0 Å². The van der Waals surface area contributed by atoms with Crippen LogP contribution in [0.4, 0.5) is 0 Å². The van der Waals surface area contributed by atoms with E-state index in [2.05, 4.69) is 27.7 Å². The normalized spacial score (nSPS) is 8.76. The zero-order valence-corrected chi connectivity index (χ0v) is 23.0. The number of aliphatic carboxylic acids is 2. The third-order valence-corrected chi connectivity index (χ3v) is 3.68. The molecule has 0 amide bonds. The molecule has 0 N–H and O–H groups in total. The molecule has 0 aliphatic heterocycles. The molecule has 0 saturated heterocycles. The molecule has 172 valence electrons. The number of carboxylic acid groups (broad SMARTS) is 2. The topological polar surface area (TPSA) is 80.3 Å². The minimum Gasteiger partial charge on any atom is -0.550 e. The fourth-order valence-electron chi connectivity index (χ4n) is 1.71. The first-order valence-electron chi connectivity index (χ1n) is 10.5. The number of carboxylic acids is 2. The molecule has 0 fully saturated rings. The number of carbonyl (C=O) groups is 2. The standard InChI is InChI=1S/2C8H17.2C3H5ClO2.Sn/c2*1-3-5-7-8-6-4-2;2*4-2-1-3(5)6;/h2*1,3-8H2,2H3;2*1-2H2,(H,5,6);/q;;;;+2/p-2. The summed E-state index contributed by atoms with van der Waals surface area (Å²) >= 11 is 9.95. The summed E-state index contributed by atoms with van der Waals surface area (Å²) in [5, 5.41) is 18.8. The molecule has 0 heterocycles. The predicted molar refractivity (Wildman–Crippen MR) is 124 cm³/mol. The Morgan fingerprint density at radius 1 is 0.655 bits per heavy atom. The van der Waals surface area contributed by atoms with Crippen LogP contribution in [-0.2, 0) is 9.59 Å². The zero-order chi connectivity index (χ0) is 22.5. The second-order valence-electron chi connectivity index (χ2n) is 6.16. The van der Waals surface area contributed by atoms with Crippen molar-refractivity contribution in [1.82, 2.24) is 0 Å². The van der Waals surface area contributed by atoms with Gasteiger partial charge in [-0.1, -0.05) is 105 Å². The van der Waals surface area contributed by atoms with E-state index in [1.54, 1.807) is 0 Å². The first kappa shape index (κ1) is 39.8. The van der Waals surface area contributed by atoms with Gasteiger partial charge in [-0.25, -0.2) is 0 Å². The van der Waals surface area contributed by atoms with Crippen LogP contribution in [0.5, 0.6) is 0 Å². The number of rotatable bonds is 14. The Labute approximate surface area is 207 Å². The molecule has 0 aromatic rings. The van der Waals surface area contributed by atoms with E-state index < -0.39 is 11.9 Å². The third-order valence-electron chi connectivity index (χ3n) is 3.30. The molecule has 0 atom stereocenters. The quantitative estimate of drug-likeness (QED) is 0.175. The van der Waals surface area contributed by atoms with E-state index >= 15 is 0 Å². The van der Waals surface area contributed by atoms with Gasteiger partial charge >= 0.3 is 23.9 Å². The fourth-order valence-corrected chi connectivity index (χ4v) is 2.02. The molecule has 0 spiro atoms. The molecule has 4 radical (unpaired) electrons. The van der Waals surface area contributed by atoms with Gasteiger partial charge in [0.25, 0.3) is 0 Å². The molecule has 0 aromatic heterocycles. The second-order valence-corrected chi connectivity index (χ2v) is 6.91. The summed E-state index contributed by atoms with van der Waals surface area (Å²) < 4.78 is 0. The number of unbranched alkanes of at least 4 members (excludes halogenated alkanes) is 10. The van der Waals surface area contributed by atoms with Crippen LogP contribution in [0.3, 0.4) is 0 Å². The Morgan fingerprint density at radius 3 is 1.07 bits per heavy atom. The summed E-state index contributed by atoms with van der Waals surface area (Å²) in [6, 6.07) is 0. The van der Waals surface area contributed by atoms with Crippen molar-refractivity contribution in [2.75, 3.05) is 11.8 Å². The van der Waals surface area contributed by atoms with Crippen molar-refractivity contribution in [3.05, 3.63) is 13.8 Å². The van der Waals surface area contributed by atoms with Gasteiger partial charge in [-0.3, -0.25) is 0 Å². The van der Waals surface area contributed by atoms with Crippen molar-refractivity contribution in [3.8, 4) is 0 Å². The first-order valence-corrected chi connectivity index (χ1v) is 11.5. The van der Waals surface area contributed by atoms with Crippen LogP contribution in [0.25, 0.3) is 0 Å². The van der Waals surface area contributed by atoms with E-state index in [1.807, 2.05) is 0 Å². The molecule has 7 heteroatoms. The Morgan fingerprint density at radius 2 is 0.931 bits per heavy atom. The number of hydrogen-bond donors (Lipinski definition) is 0. The van der Waals surface area contributed by atoms with E-state index in [0.29, 0.717) is 0 Å². The summed E-state index contributed by atoms with van der Waals surface area (Å²) in [6.07, 6.45) is 15.8. The maximum absolute atomic E-state index is 9.40. The number of carbonyl (C=O) groups excluding carboxylic acids is 2. The van der Waals surface area contributed by atoms with Crippen molar-refractivity contribution in [2.24, 2.45) is 0 Å². The van der Waals surface area contributed by atoms with Gasteiger partial charge in [0.1, 0.15) is 0 Å². The van der Waals surface area contributed by atoms with Crippen LogP contribution in [0, 0.1) is 13.8 Å². The van der Waals surface area contributed by atoms with Crippen molar-refractivity contribution >= 4 is 59.0 Å². The summed E-state index contributed by atoms with van der Waals surface area (Å²) in [7, 11) is 0. The molecule has 0 aliphatic carbocycles. The predicted octanol–water partition coefficient (Wildman–Crippen LogP) is 4.71. The SMILES string of the molecule is O=C([O-])CCCl.O=C([O-])CCCl.[CH2]CCCCCCC.[CH2]CCCCCCC.[Sn+2]. The minimum absolute atomic E-state index is 0. The molecule has 4 nitrogen and oxygen atoms in total. The molecular weight excluding hydrogens is 518 g/mol. The fraction of sp³-hybridized carbons (Fsp3) is 0.818. The van der Waals surface area contributed by atoms with Gasteiger partial charge in [-0.2, -0.15) is 0 Å². The van der Waals surface area contributed by atoms with Gasteiger partial charge in [0, 0.05) is 36.5 Å². The van der Waals surface area contributed by atoms with Crippen LogP contribution in [0.2, 0.25) is 0 Å². The number of halogens is 2. The largest absolute Gasteiger partial charge is 2.00 e. The molecule has 0 saturated carbocycles. The summed E-state index contributed by atoms with van der Waals surface area (Å²) in [5.74, 6) is -1.90. The Hall–Kier alpha value is 0.319. The minimum atomic E-state index is -1.09. The van der Waals surface area contributed by atoms with Crippen LogP contribution < -0.4 is 10.2 Å². The zero-order valence-electron chi connectivity index (χ0n) is 18.6. The number of alkyl halides is 2.